The highest BCUT2D eigenvalue weighted by molar-refractivity contribution is 5.69. The van der Waals surface area contributed by atoms with Crippen molar-refractivity contribution in [2.45, 2.75) is 13.8 Å². The van der Waals surface area contributed by atoms with Gasteiger partial charge < -0.3 is 14.7 Å². The van der Waals surface area contributed by atoms with E-state index in [-0.39, 0.29) is 5.92 Å². The Labute approximate surface area is 108 Å². The number of nitrogens with zero attached hydrogens (tertiary/aromatic N) is 1. The van der Waals surface area contributed by atoms with Crippen molar-refractivity contribution in [3.05, 3.63) is 29.8 Å². The summed E-state index contributed by atoms with van der Waals surface area (Å²) in [6.45, 7) is 5.54. The van der Waals surface area contributed by atoms with Crippen LogP contribution in [-0.2, 0) is 4.79 Å². The molecule has 0 radical (unpaired) electrons. The van der Waals surface area contributed by atoms with E-state index in [0.717, 1.165) is 5.75 Å². The molecule has 0 aliphatic carbocycles. The molecule has 0 amide bonds. The largest absolute Gasteiger partial charge is 0.492 e. The zero-order valence-corrected chi connectivity index (χ0v) is 11.2. The zero-order chi connectivity index (χ0) is 13.5. The van der Waals surface area contributed by atoms with Crippen LogP contribution < -0.4 is 4.74 Å². The molecule has 0 aliphatic rings. The molecule has 0 aromatic heterocycles. The molecule has 1 rings (SSSR count). The van der Waals surface area contributed by atoms with E-state index in [0.29, 0.717) is 19.7 Å². The van der Waals surface area contributed by atoms with E-state index in [1.807, 2.05) is 43.1 Å². The molecular formula is C14H21NO3. The average Bonchev–Trinajstić information content (AvgIpc) is 2.28. The SMILES string of the molecule is Cc1cccc(OCCN(C)C[C@@H](C)C(=O)O)c1. The molecule has 0 unspecified atom stereocenters. The predicted molar refractivity (Wildman–Crippen MR) is 71.0 cm³/mol. The third kappa shape index (κ3) is 5.19. The number of hydrogen-bond acceptors (Lipinski definition) is 3. The maximum Gasteiger partial charge on any atom is 0.307 e. The van der Waals surface area contributed by atoms with Crippen LogP contribution in [0, 0.1) is 12.8 Å². The molecular weight excluding hydrogens is 230 g/mol. The summed E-state index contributed by atoms with van der Waals surface area (Å²) in [6.07, 6.45) is 0. The quantitative estimate of drug-likeness (QED) is 0.805. The van der Waals surface area contributed by atoms with Crippen molar-refractivity contribution in [1.82, 2.24) is 4.90 Å². The van der Waals surface area contributed by atoms with Crippen molar-refractivity contribution in [1.29, 1.82) is 0 Å². The summed E-state index contributed by atoms with van der Waals surface area (Å²) in [4.78, 5) is 12.7. The first-order valence-corrected chi connectivity index (χ1v) is 6.10. The molecule has 0 heterocycles. The first-order valence-electron chi connectivity index (χ1n) is 6.10. The number of likely N-dealkylation sites (N-methyl/N-ethyl adjacent to an activating group) is 1. The number of aryl methyl sites for hydroxylation is 1. The van der Waals surface area contributed by atoms with Crippen molar-refractivity contribution < 1.29 is 14.6 Å². The molecule has 1 aromatic rings. The van der Waals surface area contributed by atoms with Gasteiger partial charge in [0.15, 0.2) is 0 Å². The lowest BCUT2D eigenvalue weighted by Crippen LogP contribution is -2.31. The number of ether oxygens (including phenoxy) is 1. The Morgan fingerprint density at radius 2 is 2.22 bits per heavy atom. The highest BCUT2D eigenvalue weighted by Crippen LogP contribution is 2.12. The lowest BCUT2D eigenvalue weighted by Gasteiger charge is -2.19. The fraction of sp³-hybridized carbons (Fsp3) is 0.500. The number of carbonyl (C=O) groups is 1. The van der Waals surface area contributed by atoms with Crippen LogP contribution in [0.25, 0.3) is 0 Å². The smallest absolute Gasteiger partial charge is 0.307 e. The van der Waals surface area contributed by atoms with Crippen LogP contribution in [0.1, 0.15) is 12.5 Å². The van der Waals surface area contributed by atoms with E-state index < -0.39 is 5.97 Å². The molecule has 4 heteroatoms. The number of benzene rings is 1. The van der Waals surface area contributed by atoms with Gasteiger partial charge in [0.05, 0.1) is 5.92 Å². The minimum Gasteiger partial charge on any atom is -0.492 e. The standard InChI is InChI=1S/C14H21NO3/c1-11-5-4-6-13(9-11)18-8-7-15(3)10-12(2)14(16)17/h4-6,9,12H,7-8,10H2,1-3H3,(H,16,17)/t12-/m1/s1. The minimum absolute atomic E-state index is 0.353. The van der Waals surface area contributed by atoms with Gasteiger partial charge in [-0.3, -0.25) is 4.79 Å². The second-order valence-corrected chi connectivity index (χ2v) is 4.67. The van der Waals surface area contributed by atoms with Crippen molar-refractivity contribution in [2.24, 2.45) is 5.92 Å². The first kappa shape index (κ1) is 14.5. The van der Waals surface area contributed by atoms with Gasteiger partial charge in [0, 0.05) is 13.1 Å². The summed E-state index contributed by atoms with van der Waals surface area (Å²) < 4.78 is 5.61. The molecule has 1 N–H and O–H groups in total. The monoisotopic (exact) mass is 251 g/mol. The van der Waals surface area contributed by atoms with Gasteiger partial charge in [-0.2, -0.15) is 0 Å². The number of carboxylic acid groups (broad SMARTS) is 1. The molecule has 18 heavy (non-hydrogen) atoms. The van der Waals surface area contributed by atoms with Gasteiger partial charge in [-0.25, -0.2) is 0 Å². The molecule has 0 fully saturated rings. The van der Waals surface area contributed by atoms with E-state index >= 15 is 0 Å². The Hall–Kier alpha value is -1.55. The highest BCUT2D eigenvalue weighted by Gasteiger charge is 2.13. The zero-order valence-electron chi connectivity index (χ0n) is 11.2. The average molecular weight is 251 g/mol. The second kappa shape index (κ2) is 7.01. The Morgan fingerprint density at radius 3 is 2.83 bits per heavy atom. The van der Waals surface area contributed by atoms with Crippen LogP contribution in [0.15, 0.2) is 24.3 Å². The lowest BCUT2D eigenvalue weighted by molar-refractivity contribution is -0.141. The summed E-state index contributed by atoms with van der Waals surface area (Å²) in [5, 5.41) is 8.81. The van der Waals surface area contributed by atoms with E-state index in [2.05, 4.69) is 0 Å². The molecule has 0 aliphatic heterocycles. The lowest BCUT2D eigenvalue weighted by atomic mass is 10.2. The molecule has 1 aromatic carbocycles. The summed E-state index contributed by atoms with van der Waals surface area (Å²) in [5.74, 6) is -0.259. The number of carboxylic acids is 1. The fourth-order valence-corrected chi connectivity index (χ4v) is 1.66. The summed E-state index contributed by atoms with van der Waals surface area (Å²) in [6, 6.07) is 7.89. The third-order valence-corrected chi connectivity index (χ3v) is 2.74. The highest BCUT2D eigenvalue weighted by atomic mass is 16.5. The van der Waals surface area contributed by atoms with Crippen molar-refractivity contribution >= 4 is 5.97 Å². The number of aliphatic carboxylic acids is 1. The van der Waals surface area contributed by atoms with E-state index in [4.69, 9.17) is 9.84 Å². The predicted octanol–water partition coefficient (Wildman–Crippen LogP) is 2.03. The number of rotatable bonds is 7. The maximum atomic E-state index is 10.7. The molecule has 0 bridgehead atoms. The van der Waals surface area contributed by atoms with Gasteiger partial charge in [-0.15, -0.1) is 0 Å². The normalized spacial score (nSPS) is 12.4. The molecule has 100 valence electrons. The van der Waals surface area contributed by atoms with Gasteiger partial charge in [-0.05, 0) is 31.7 Å². The topological polar surface area (TPSA) is 49.8 Å². The number of hydrogen-bond donors (Lipinski definition) is 1. The van der Waals surface area contributed by atoms with Crippen LogP contribution >= 0.6 is 0 Å². The molecule has 1 atom stereocenters. The van der Waals surface area contributed by atoms with E-state index in [1.54, 1.807) is 6.92 Å². The third-order valence-electron chi connectivity index (χ3n) is 2.74. The van der Waals surface area contributed by atoms with Gasteiger partial charge >= 0.3 is 5.97 Å². The minimum atomic E-state index is -0.763. The second-order valence-electron chi connectivity index (χ2n) is 4.67. The van der Waals surface area contributed by atoms with Crippen molar-refractivity contribution in [3.8, 4) is 5.75 Å². The van der Waals surface area contributed by atoms with Crippen LogP contribution in [0.4, 0.5) is 0 Å². The van der Waals surface area contributed by atoms with Gasteiger partial charge in [-0.1, -0.05) is 19.1 Å². The van der Waals surface area contributed by atoms with Gasteiger partial charge in [0.2, 0.25) is 0 Å². The Morgan fingerprint density at radius 1 is 1.50 bits per heavy atom. The van der Waals surface area contributed by atoms with E-state index in [9.17, 15) is 4.79 Å². The van der Waals surface area contributed by atoms with Crippen LogP contribution in [0.2, 0.25) is 0 Å². The van der Waals surface area contributed by atoms with Gasteiger partial charge in [0.25, 0.3) is 0 Å². The van der Waals surface area contributed by atoms with E-state index in [1.165, 1.54) is 5.56 Å². The molecule has 0 spiro atoms. The first-order chi connectivity index (χ1) is 8.49. The molecule has 0 saturated heterocycles. The van der Waals surface area contributed by atoms with Gasteiger partial charge in [0.1, 0.15) is 12.4 Å². The summed E-state index contributed by atoms with van der Waals surface area (Å²) in [7, 11) is 1.90. The van der Waals surface area contributed by atoms with Crippen LogP contribution in [-0.4, -0.2) is 42.7 Å². The summed E-state index contributed by atoms with van der Waals surface area (Å²) in [5.41, 5.74) is 1.17. The fourth-order valence-electron chi connectivity index (χ4n) is 1.66. The Kier molecular flexibility index (Phi) is 5.65. The van der Waals surface area contributed by atoms with Crippen LogP contribution in [0.5, 0.6) is 5.75 Å². The Bertz CT molecular complexity index is 392. The summed E-state index contributed by atoms with van der Waals surface area (Å²) >= 11 is 0. The van der Waals surface area contributed by atoms with Crippen LogP contribution in [0.3, 0.4) is 0 Å². The van der Waals surface area contributed by atoms with Crippen molar-refractivity contribution in [2.75, 3.05) is 26.7 Å². The van der Waals surface area contributed by atoms with Crippen molar-refractivity contribution in [3.63, 3.8) is 0 Å². The Balaban J connectivity index is 2.27. The molecule has 4 nitrogen and oxygen atoms in total. The maximum absolute atomic E-state index is 10.7. The molecule has 0 saturated carbocycles.